The average molecular weight is 277 g/mol. The van der Waals surface area contributed by atoms with Crippen LogP contribution in [0, 0.1) is 10.1 Å². The molecule has 2 rings (SSSR count). The van der Waals surface area contributed by atoms with Crippen molar-refractivity contribution in [2.75, 3.05) is 5.32 Å². The van der Waals surface area contributed by atoms with Gasteiger partial charge in [-0.05, 0) is 30.7 Å². The quantitative estimate of drug-likeness (QED) is 0.664. The Hall–Kier alpha value is -2.07. The normalized spacial score (nSPS) is 11.9. The van der Waals surface area contributed by atoms with Gasteiger partial charge in [-0.15, -0.1) is 0 Å². The van der Waals surface area contributed by atoms with E-state index in [4.69, 9.17) is 11.6 Å². The lowest BCUT2D eigenvalue weighted by molar-refractivity contribution is -0.384. The van der Waals surface area contributed by atoms with Crippen molar-refractivity contribution < 1.29 is 4.92 Å². The van der Waals surface area contributed by atoms with E-state index >= 15 is 0 Å². The predicted octanol–water partition coefficient (Wildman–Crippen LogP) is 4.42. The van der Waals surface area contributed by atoms with Gasteiger partial charge in [0.2, 0.25) is 0 Å². The Labute approximate surface area is 116 Å². The molecule has 2 aromatic carbocycles. The number of benzene rings is 2. The summed E-state index contributed by atoms with van der Waals surface area (Å²) in [5.41, 5.74) is 1.81. The summed E-state index contributed by atoms with van der Waals surface area (Å²) in [7, 11) is 0. The molecule has 0 aliphatic heterocycles. The zero-order valence-corrected chi connectivity index (χ0v) is 11.1. The van der Waals surface area contributed by atoms with Crippen molar-refractivity contribution in [3.05, 3.63) is 69.2 Å². The maximum absolute atomic E-state index is 10.7. The maximum Gasteiger partial charge on any atom is 0.271 e. The number of rotatable bonds is 4. The van der Waals surface area contributed by atoms with Crippen LogP contribution in [-0.2, 0) is 0 Å². The summed E-state index contributed by atoms with van der Waals surface area (Å²) in [5.74, 6) is 0. The van der Waals surface area contributed by atoms with Gasteiger partial charge in [0.25, 0.3) is 5.69 Å². The second-order valence-corrected chi connectivity index (χ2v) is 4.66. The molecular weight excluding hydrogens is 264 g/mol. The van der Waals surface area contributed by atoms with E-state index in [1.807, 2.05) is 31.2 Å². The molecule has 0 aromatic heterocycles. The zero-order valence-electron chi connectivity index (χ0n) is 10.3. The summed E-state index contributed by atoms with van der Waals surface area (Å²) in [4.78, 5) is 10.3. The summed E-state index contributed by atoms with van der Waals surface area (Å²) in [5, 5.41) is 14.6. The average Bonchev–Trinajstić information content (AvgIpc) is 2.39. The Balaban J connectivity index is 2.17. The Morgan fingerprint density at radius 2 is 1.95 bits per heavy atom. The zero-order chi connectivity index (χ0) is 13.8. The van der Waals surface area contributed by atoms with Crippen LogP contribution in [-0.4, -0.2) is 4.92 Å². The van der Waals surface area contributed by atoms with Crippen LogP contribution in [0.4, 0.5) is 11.4 Å². The number of nitro benzene ring substituents is 1. The molecule has 0 heterocycles. The van der Waals surface area contributed by atoms with Gasteiger partial charge in [0, 0.05) is 28.9 Å². The number of hydrogen-bond acceptors (Lipinski definition) is 3. The van der Waals surface area contributed by atoms with Crippen molar-refractivity contribution in [1.29, 1.82) is 0 Å². The fourth-order valence-electron chi connectivity index (χ4n) is 1.82. The SMILES string of the molecule is CC(Nc1cccc([N+](=O)[O-])c1)c1cccc(Cl)c1. The number of nitrogens with zero attached hydrogens (tertiary/aromatic N) is 1. The van der Waals surface area contributed by atoms with Gasteiger partial charge in [0.1, 0.15) is 0 Å². The van der Waals surface area contributed by atoms with Crippen LogP contribution in [0.1, 0.15) is 18.5 Å². The minimum atomic E-state index is -0.408. The molecule has 1 atom stereocenters. The topological polar surface area (TPSA) is 55.2 Å². The van der Waals surface area contributed by atoms with Crippen LogP contribution >= 0.6 is 11.6 Å². The van der Waals surface area contributed by atoms with Gasteiger partial charge in [-0.3, -0.25) is 10.1 Å². The van der Waals surface area contributed by atoms with Crippen LogP contribution in [0.2, 0.25) is 5.02 Å². The lowest BCUT2D eigenvalue weighted by atomic mass is 10.1. The van der Waals surface area contributed by atoms with Crippen molar-refractivity contribution in [2.45, 2.75) is 13.0 Å². The highest BCUT2D eigenvalue weighted by atomic mass is 35.5. The van der Waals surface area contributed by atoms with Crippen LogP contribution in [0.25, 0.3) is 0 Å². The van der Waals surface area contributed by atoms with Gasteiger partial charge >= 0.3 is 0 Å². The number of halogens is 1. The number of non-ortho nitro benzene ring substituents is 1. The molecule has 0 amide bonds. The fourth-order valence-corrected chi connectivity index (χ4v) is 2.02. The van der Waals surface area contributed by atoms with Gasteiger partial charge in [-0.2, -0.15) is 0 Å². The molecule has 1 N–H and O–H groups in total. The molecule has 19 heavy (non-hydrogen) atoms. The van der Waals surface area contributed by atoms with Crippen LogP contribution in [0.5, 0.6) is 0 Å². The summed E-state index contributed by atoms with van der Waals surface area (Å²) in [6.07, 6.45) is 0. The summed E-state index contributed by atoms with van der Waals surface area (Å²) in [6.45, 7) is 1.98. The molecule has 1 unspecified atom stereocenters. The minimum Gasteiger partial charge on any atom is -0.378 e. The first-order valence-electron chi connectivity index (χ1n) is 5.83. The van der Waals surface area contributed by atoms with E-state index < -0.39 is 4.92 Å². The maximum atomic E-state index is 10.7. The summed E-state index contributed by atoms with van der Waals surface area (Å²) < 4.78 is 0. The molecule has 98 valence electrons. The molecule has 0 saturated heterocycles. The van der Waals surface area contributed by atoms with E-state index in [1.54, 1.807) is 12.1 Å². The highest BCUT2D eigenvalue weighted by Crippen LogP contribution is 2.24. The summed E-state index contributed by atoms with van der Waals surface area (Å²) in [6, 6.07) is 14.0. The number of anilines is 1. The van der Waals surface area contributed by atoms with Gasteiger partial charge < -0.3 is 5.32 Å². The van der Waals surface area contributed by atoms with E-state index in [0.717, 1.165) is 5.56 Å². The van der Waals surface area contributed by atoms with Crippen molar-refractivity contribution >= 4 is 23.0 Å². The van der Waals surface area contributed by atoms with Crippen molar-refractivity contribution in [2.24, 2.45) is 0 Å². The largest absolute Gasteiger partial charge is 0.378 e. The third-order valence-corrected chi connectivity index (χ3v) is 3.02. The van der Waals surface area contributed by atoms with E-state index in [0.29, 0.717) is 10.7 Å². The smallest absolute Gasteiger partial charge is 0.271 e. The minimum absolute atomic E-state index is 0.0145. The van der Waals surface area contributed by atoms with Gasteiger partial charge in [0.15, 0.2) is 0 Å². The second-order valence-electron chi connectivity index (χ2n) is 4.23. The fraction of sp³-hybridized carbons (Fsp3) is 0.143. The molecule has 0 radical (unpaired) electrons. The molecule has 0 saturated carbocycles. The molecule has 5 heteroatoms. The van der Waals surface area contributed by atoms with E-state index in [9.17, 15) is 10.1 Å². The lowest BCUT2D eigenvalue weighted by Gasteiger charge is -2.15. The molecule has 4 nitrogen and oxygen atoms in total. The number of nitro groups is 1. The molecule has 2 aromatic rings. The Kier molecular flexibility index (Phi) is 4.02. The third-order valence-electron chi connectivity index (χ3n) is 2.79. The molecule has 0 bridgehead atoms. The first kappa shape index (κ1) is 13.4. The molecular formula is C14H13ClN2O2. The second kappa shape index (κ2) is 5.71. The predicted molar refractivity (Wildman–Crippen MR) is 76.6 cm³/mol. The number of hydrogen-bond donors (Lipinski definition) is 1. The van der Waals surface area contributed by atoms with Crippen LogP contribution in [0.3, 0.4) is 0 Å². The van der Waals surface area contributed by atoms with Gasteiger partial charge in [0.05, 0.1) is 4.92 Å². The monoisotopic (exact) mass is 276 g/mol. The molecule has 0 aliphatic carbocycles. The van der Waals surface area contributed by atoms with Crippen molar-refractivity contribution in [3.63, 3.8) is 0 Å². The summed E-state index contributed by atoms with van der Waals surface area (Å²) >= 11 is 5.94. The van der Waals surface area contributed by atoms with Gasteiger partial charge in [-0.25, -0.2) is 0 Å². The van der Waals surface area contributed by atoms with Crippen LogP contribution < -0.4 is 5.32 Å². The van der Waals surface area contributed by atoms with E-state index in [1.165, 1.54) is 12.1 Å². The highest BCUT2D eigenvalue weighted by molar-refractivity contribution is 6.30. The molecule has 0 spiro atoms. The van der Waals surface area contributed by atoms with Crippen molar-refractivity contribution in [3.8, 4) is 0 Å². The van der Waals surface area contributed by atoms with E-state index in [2.05, 4.69) is 5.32 Å². The first-order chi connectivity index (χ1) is 9.06. The third kappa shape index (κ3) is 3.45. The first-order valence-corrected chi connectivity index (χ1v) is 6.20. The Morgan fingerprint density at radius 1 is 1.21 bits per heavy atom. The lowest BCUT2D eigenvalue weighted by Crippen LogP contribution is -2.06. The Morgan fingerprint density at radius 3 is 2.63 bits per heavy atom. The van der Waals surface area contributed by atoms with E-state index in [-0.39, 0.29) is 11.7 Å². The molecule has 0 aliphatic rings. The van der Waals surface area contributed by atoms with Crippen molar-refractivity contribution in [1.82, 2.24) is 0 Å². The Bertz CT molecular complexity index is 602. The van der Waals surface area contributed by atoms with Gasteiger partial charge in [-0.1, -0.05) is 29.8 Å². The van der Waals surface area contributed by atoms with Crippen LogP contribution in [0.15, 0.2) is 48.5 Å². The molecule has 0 fully saturated rings. The standard InChI is InChI=1S/C14H13ClN2O2/c1-10(11-4-2-5-12(15)8-11)16-13-6-3-7-14(9-13)17(18)19/h2-10,16H,1H3. The number of nitrogens with one attached hydrogen (secondary N) is 1. The highest BCUT2D eigenvalue weighted by Gasteiger charge is 2.09.